The first kappa shape index (κ1) is 22.8. The monoisotopic (exact) mass is 471 g/mol. The summed E-state index contributed by atoms with van der Waals surface area (Å²) in [7, 11) is 3.81. The number of fused-ring (bicyclic) bond motifs is 1. The van der Waals surface area contributed by atoms with Gasteiger partial charge in [-0.1, -0.05) is 30.3 Å². The molecule has 1 aliphatic heterocycles. The molecule has 0 spiro atoms. The zero-order valence-corrected chi connectivity index (χ0v) is 19.9. The first-order valence-corrected chi connectivity index (χ1v) is 11.8. The fraction of sp³-hybridized carbons (Fsp3) is 0.308. The van der Waals surface area contributed by atoms with Gasteiger partial charge in [0.1, 0.15) is 5.52 Å². The fourth-order valence-corrected chi connectivity index (χ4v) is 4.41. The number of aromatic nitrogens is 4. The van der Waals surface area contributed by atoms with E-state index in [4.69, 9.17) is 0 Å². The Morgan fingerprint density at radius 3 is 2.46 bits per heavy atom. The van der Waals surface area contributed by atoms with E-state index in [-0.39, 0.29) is 17.6 Å². The van der Waals surface area contributed by atoms with Crippen molar-refractivity contribution in [1.29, 1.82) is 0 Å². The number of carbonyl (C=O) groups excluding carboxylic acids is 1. The van der Waals surface area contributed by atoms with Gasteiger partial charge in [-0.05, 0) is 62.8 Å². The molecule has 0 saturated carbocycles. The van der Waals surface area contributed by atoms with Crippen LogP contribution in [0.25, 0.3) is 11.2 Å². The van der Waals surface area contributed by atoms with Crippen molar-refractivity contribution in [1.82, 2.24) is 29.3 Å². The predicted molar refractivity (Wildman–Crippen MR) is 136 cm³/mol. The molecule has 0 atom stereocenters. The summed E-state index contributed by atoms with van der Waals surface area (Å²) in [5.41, 5.74) is 3.49. The van der Waals surface area contributed by atoms with Crippen molar-refractivity contribution in [2.24, 2.45) is 7.05 Å². The minimum absolute atomic E-state index is 0.0569. The molecule has 2 aromatic heterocycles. The predicted octanol–water partition coefficient (Wildman–Crippen LogP) is 2.75. The highest BCUT2D eigenvalue weighted by atomic mass is 16.2. The number of nitrogens with one attached hydrogen (secondary N) is 2. The van der Waals surface area contributed by atoms with E-state index in [0.29, 0.717) is 29.2 Å². The molecule has 3 heterocycles. The average Bonchev–Trinajstić information content (AvgIpc) is 3.11. The van der Waals surface area contributed by atoms with Crippen LogP contribution in [0.4, 0.5) is 11.6 Å². The molecule has 5 rings (SSSR count). The minimum atomic E-state index is -0.143. The largest absolute Gasteiger partial charge is 0.349 e. The average molecular weight is 472 g/mol. The molecule has 4 aromatic rings. The van der Waals surface area contributed by atoms with Gasteiger partial charge in [-0.2, -0.15) is 4.98 Å². The van der Waals surface area contributed by atoms with Crippen LogP contribution in [0.2, 0.25) is 0 Å². The lowest BCUT2D eigenvalue weighted by Crippen LogP contribution is -2.43. The Kier molecular flexibility index (Phi) is 6.33. The molecular formula is C26H29N7O2. The number of hydrogen-bond donors (Lipinski definition) is 2. The number of nitrogens with zero attached hydrogens (tertiary/aromatic N) is 5. The molecule has 0 radical (unpaired) electrons. The summed E-state index contributed by atoms with van der Waals surface area (Å²) < 4.78 is 3.20. The third-order valence-corrected chi connectivity index (χ3v) is 6.52. The zero-order chi connectivity index (χ0) is 24.4. The Morgan fingerprint density at radius 2 is 1.74 bits per heavy atom. The third kappa shape index (κ3) is 4.95. The number of amides is 1. The molecule has 9 heteroatoms. The van der Waals surface area contributed by atoms with Crippen LogP contribution in [0.15, 0.2) is 65.6 Å². The number of piperidine rings is 1. The van der Waals surface area contributed by atoms with E-state index in [1.54, 1.807) is 29.9 Å². The number of rotatable bonds is 6. The minimum Gasteiger partial charge on any atom is -0.349 e. The second-order valence-electron chi connectivity index (χ2n) is 9.07. The molecule has 0 unspecified atom stereocenters. The number of anilines is 2. The van der Waals surface area contributed by atoms with Crippen LogP contribution in [-0.4, -0.2) is 56.1 Å². The standard InChI is InChI=1S/C26H29N7O2/c1-31-14-12-21(13-15-31)28-24(34)19-8-10-20(11-9-19)29-25-27-16-22-23(30-25)32(2)26(35)33(22)17-18-6-4-3-5-7-18/h3-11,16,21H,12-15,17H2,1-2H3,(H,28,34)(H,27,29,30). The summed E-state index contributed by atoms with van der Waals surface area (Å²) in [5, 5.41) is 6.30. The highest BCUT2D eigenvalue weighted by molar-refractivity contribution is 5.94. The van der Waals surface area contributed by atoms with Gasteiger partial charge in [0.15, 0.2) is 5.65 Å². The molecule has 2 N–H and O–H groups in total. The molecule has 2 aromatic carbocycles. The Morgan fingerprint density at radius 1 is 1.03 bits per heavy atom. The van der Waals surface area contributed by atoms with Crippen LogP contribution >= 0.6 is 0 Å². The maximum absolute atomic E-state index is 12.8. The number of aryl methyl sites for hydroxylation is 1. The van der Waals surface area contributed by atoms with Gasteiger partial charge in [-0.3, -0.25) is 13.9 Å². The summed E-state index contributed by atoms with van der Waals surface area (Å²) in [4.78, 5) is 36.7. The van der Waals surface area contributed by atoms with E-state index in [0.717, 1.165) is 37.2 Å². The molecule has 0 aliphatic carbocycles. The van der Waals surface area contributed by atoms with E-state index in [9.17, 15) is 9.59 Å². The van der Waals surface area contributed by atoms with Gasteiger partial charge in [0.2, 0.25) is 5.95 Å². The first-order chi connectivity index (χ1) is 17.0. The van der Waals surface area contributed by atoms with Crippen LogP contribution < -0.4 is 16.3 Å². The maximum Gasteiger partial charge on any atom is 0.330 e. The molecular weight excluding hydrogens is 442 g/mol. The Labute approximate surface area is 203 Å². The molecule has 1 amide bonds. The molecule has 1 aliphatic rings. The van der Waals surface area contributed by atoms with E-state index >= 15 is 0 Å². The van der Waals surface area contributed by atoms with Crippen molar-refractivity contribution in [3.63, 3.8) is 0 Å². The van der Waals surface area contributed by atoms with Gasteiger partial charge in [0, 0.05) is 24.3 Å². The SMILES string of the molecule is CN1CCC(NC(=O)c2ccc(Nc3ncc4c(n3)n(C)c(=O)n4Cc3ccccc3)cc2)CC1. The van der Waals surface area contributed by atoms with Crippen LogP contribution in [0.1, 0.15) is 28.8 Å². The summed E-state index contributed by atoms with van der Waals surface area (Å²) in [6.45, 7) is 2.45. The normalized spacial score (nSPS) is 14.8. The Balaban J connectivity index is 1.29. The lowest BCUT2D eigenvalue weighted by Gasteiger charge is -2.29. The van der Waals surface area contributed by atoms with E-state index in [2.05, 4.69) is 32.5 Å². The Bertz CT molecular complexity index is 1390. The van der Waals surface area contributed by atoms with E-state index in [1.807, 2.05) is 42.5 Å². The number of hydrogen-bond acceptors (Lipinski definition) is 6. The van der Waals surface area contributed by atoms with Gasteiger partial charge in [0.05, 0.1) is 12.7 Å². The van der Waals surface area contributed by atoms with Crippen molar-refractivity contribution >= 4 is 28.7 Å². The third-order valence-electron chi connectivity index (χ3n) is 6.52. The topological polar surface area (TPSA) is 97.1 Å². The van der Waals surface area contributed by atoms with Crippen LogP contribution in [0, 0.1) is 0 Å². The van der Waals surface area contributed by atoms with Crippen LogP contribution in [0.5, 0.6) is 0 Å². The number of benzene rings is 2. The number of likely N-dealkylation sites (tertiary alicyclic amines) is 1. The van der Waals surface area contributed by atoms with E-state index in [1.165, 1.54) is 4.57 Å². The van der Waals surface area contributed by atoms with Crippen molar-refractivity contribution in [3.8, 4) is 0 Å². The van der Waals surface area contributed by atoms with Gasteiger partial charge < -0.3 is 15.5 Å². The van der Waals surface area contributed by atoms with Crippen LogP contribution in [-0.2, 0) is 13.6 Å². The highest BCUT2D eigenvalue weighted by Crippen LogP contribution is 2.18. The lowest BCUT2D eigenvalue weighted by atomic mass is 10.0. The van der Waals surface area contributed by atoms with Gasteiger partial charge in [0.25, 0.3) is 5.91 Å². The van der Waals surface area contributed by atoms with Crippen molar-refractivity contribution in [3.05, 3.63) is 82.4 Å². The maximum atomic E-state index is 12.8. The summed E-state index contributed by atoms with van der Waals surface area (Å²) >= 11 is 0. The lowest BCUT2D eigenvalue weighted by molar-refractivity contribution is 0.0917. The van der Waals surface area contributed by atoms with Crippen molar-refractivity contribution in [2.75, 3.05) is 25.5 Å². The summed E-state index contributed by atoms with van der Waals surface area (Å²) in [6, 6.07) is 17.3. The molecule has 180 valence electrons. The molecule has 1 fully saturated rings. The fourth-order valence-electron chi connectivity index (χ4n) is 4.41. The number of imidazole rings is 1. The summed E-state index contributed by atoms with van der Waals surface area (Å²) in [6.07, 6.45) is 3.60. The highest BCUT2D eigenvalue weighted by Gasteiger charge is 2.19. The van der Waals surface area contributed by atoms with E-state index < -0.39 is 0 Å². The van der Waals surface area contributed by atoms with Crippen molar-refractivity contribution in [2.45, 2.75) is 25.4 Å². The molecule has 0 bridgehead atoms. The molecule has 35 heavy (non-hydrogen) atoms. The van der Waals surface area contributed by atoms with Gasteiger partial charge in [-0.25, -0.2) is 9.78 Å². The quantitative estimate of drug-likeness (QED) is 0.449. The van der Waals surface area contributed by atoms with Gasteiger partial charge >= 0.3 is 5.69 Å². The Hall–Kier alpha value is -3.98. The number of carbonyl (C=O) groups is 1. The van der Waals surface area contributed by atoms with Crippen molar-refractivity contribution < 1.29 is 4.79 Å². The molecule has 1 saturated heterocycles. The molecule has 9 nitrogen and oxygen atoms in total. The first-order valence-electron chi connectivity index (χ1n) is 11.8. The second kappa shape index (κ2) is 9.71. The smallest absolute Gasteiger partial charge is 0.330 e. The summed E-state index contributed by atoms with van der Waals surface area (Å²) in [5.74, 6) is 0.326. The van der Waals surface area contributed by atoms with Crippen LogP contribution in [0.3, 0.4) is 0 Å². The van der Waals surface area contributed by atoms with Gasteiger partial charge in [-0.15, -0.1) is 0 Å². The second-order valence-corrected chi connectivity index (χ2v) is 9.07. The zero-order valence-electron chi connectivity index (χ0n) is 19.9.